The molecule has 2 N–H and O–H groups in total. The first-order valence-corrected chi connectivity index (χ1v) is 8.27. The summed E-state index contributed by atoms with van der Waals surface area (Å²) >= 11 is 0. The van der Waals surface area contributed by atoms with Crippen LogP contribution in [0.15, 0.2) is 67.1 Å². The third-order valence-electron chi connectivity index (χ3n) is 4.39. The van der Waals surface area contributed by atoms with Gasteiger partial charge in [-0.05, 0) is 54.1 Å². The van der Waals surface area contributed by atoms with Crippen LogP contribution < -0.4 is 5.73 Å². The SMILES string of the molecule is NCC(F)(F)c1ccc2c(-c3ccncc3)c(-c3ccc(F)cc3)nn2c1. The minimum absolute atomic E-state index is 0.216. The Balaban J connectivity index is 1.99. The molecule has 0 spiro atoms. The lowest BCUT2D eigenvalue weighted by molar-refractivity contribution is 0.00547. The van der Waals surface area contributed by atoms with E-state index in [1.165, 1.54) is 28.9 Å². The Morgan fingerprint density at radius 3 is 2.30 bits per heavy atom. The number of halogens is 3. The maximum Gasteiger partial charge on any atom is 0.286 e. The van der Waals surface area contributed by atoms with Crippen molar-refractivity contribution in [2.24, 2.45) is 5.73 Å². The molecule has 27 heavy (non-hydrogen) atoms. The van der Waals surface area contributed by atoms with Gasteiger partial charge in [0.05, 0.1) is 12.1 Å². The van der Waals surface area contributed by atoms with Crippen LogP contribution in [0.2, 0.25) is 0 Å². The molecule has 4 nitrogen and oxygen atoms in total. The summed E-state index contributed by atoms with van der Waals surface area (Å²) in [5, 5.41) is 4.50. The van der Waals surface area contributed by atoms with Gasteiger partial charge in [0.25, 0.3) is 5.92 Å². The monoisotopic (exact) mass is 368 g/mol. The van der Waals surface area contributed by atoms with Gasteiger partial charge in [0, 0.05) is 35.3 Å². The second kappa shape index (κ2) is 6.51. The highest BCUT2D eigenvalue weighted by Crippen LogP contribution is 2.36. The minimum atomic E-state index is -3.15. The van der Waals surface area contributed by atoms with Crippen LogP contribution in [0.25, 0.3) is 27.9 Å². The lowest BCUT2D eigenvalue weighted by Gasteiger charge is -2.14. The number of aromatic nitrogens is 3. The molecule has 0 aliphatic rings. The van der Waals surface area contributed by atoms with E-state index in [9.17, 15) is 13.2 Å². The van der Waals surface area contributed by atoms with E-state index in [0.717, 1.165) is 11.1 Å². The standard InChI is InChI=1S/C20H15F3N4/c21-16-4-1-14(2-5-16)19-18(13-7-9-25-10-8-13)17-6-3-15(11-27(17)26-19)20(22,23)12-24/h1-11H,12,24H2. The molecule has 3 aromatic heterocycles. The molecular formula is C20H15F3N4. The van der Waals surface area contributed by atoms with Crippen molar-refractivity contribution < 1.29 is 13.2 Å². The number of rotatable bonds is 4. The van der Waals surface area contributed by atoms with Crippen LogP contribution in [0.1, 0.15) is 5.56 Å². The first-order chi connectivity index (χ1) is 13.0. The summed E-state index contributed by atoms with van der Waals surface area (Å²) in [7, 11) is 0. The highest BCUT2D eigenvalue weighted by atomic mass is 19.3. The molecule has 7 heteroatoms. The van der Waals surface area contributed by atoms with Crippen molar-refractivity contribution in [3.8, 4) is 22.4 Å². The van der Waals surface area contributed by atoms with E-state index in [1.54, 1.807) is 30.6 Å². The molecule has 0 saturated heterocycles. The molecule has 1 aromatic carbocycles. The van der Waals surface area contributed by atoms with Crippen molar-refractivity contribution in [2.45, 2.75) is 5.92 Å². The van der Waals surface area contributed by atoms with Gasteiger partial charge in [-0.15, -0.1) is 0 Å². The molecule has 0 unspecified atom stereocenters. The van der Waals surface area contributed by atoms with Crippen LogP contribution in [-0.4, -0.2) is 21.1 Å². The summed E-state index contributed by atoms with van der Waals surface area (Å²) in [6.45, 7) is -0.790. The lowest BCUT2D eigenvalue weighted by atomic mass is 10.0. The second-order valence-corrected chi connectivity index (χ2v) is 6.12. The second-order valence-electron chi connectivity index (χ2n) is 6.12. The van der Waals surface area contributed by atoms with Crippen molar-refractivity contribution in [3.05, 3.63) is 78.5 Å². The molecule has 0 saturated carbocycles. The van der Waals surface area contributed by atoms with Gasteiger partial charge in [-0.1, -0.05) is 0 Å². The zero-order chi connectivity index (χ0) is 19.0. The van der Waals surface area contributed by atoms with Gasteiger partial charge in [-0.25, -0.2) is 8.91 Å². The molecule has 0 amide bonds. The van der Waals surface area contributed by atoms with Gasteiger partial charge >= 0.3 is 0 Å². The molecule has 0 fully saturated rings. The van der Waals surface area contributed by atoms with Crippen LogP contribution in [0.5, 0.6) is 0 Å². The zero-order valence-electron chi connectivity index (χ0n) is 14.1. The summed E-state index contributed by atoms with van der Waals surface area (Å²) < 4.78 is 42.7. The average molecular weight is 368 g/mol. The Bertz CT molecular complexity index is 1090. The summed E-state index contributed by atoms with van der Waals surface area (Å²) in [6.07, 6.45) is 4.56. The molecule has 4 aromatic rings. The number of hydrogen-bond acceptors (Lipinski definition) is 3. The molecular weight excluding hydrogens is 353 g/mol. The van der Waals surface area contributed by atoms with Gasteiger partial charge in [0.1, 0.15) is 11.5 Å². The van der Waals surface area contributed by atoms with Crippen LogP contribution >= 0.6 is 0 Å². The van der Waals surface area contributed by atoms with Gasteiger partial charge in [0.2, 0.25) is 0 Å². The van der Waals surface area contributed by atoms with Gasteiger partial charge in [0.15, 0.2) is 0 Å². The van der Waals surface area contributed by atoms with Crippen molar-refractivity contribution in [1.29, 1.82) is 0 Å². The number of pyridine rings is 2. The summed E-state index contributed by atoms with van der Waals surface area (Å²) in [6, 6.07) is 12.5. The highest BCUT2D eigenvalue weighted by molar-refractivity contribution is 5.92. The Morgan fingerprint density at radius 2 is 1.63 bits per heavy atom. The summed E-state index contributed by atoms with van der Waals surface area (Å²) in [5.41, 5.74) is 8.46. The van der Waals surface area contributed by atoms with E-state index >= 15 is 0 Å². The number of nitrogens with zero attached hydrogens (tertiary/aromatic N) is 3. The highest BCUT2D eigenvalue weighted by Gasteiger charge is 2.30. The third kappa shape index (κ3) is 3.06. The van der Waals surface area contributed by atoms with E-state index in [-0.39, 0.29) is 11.4 Å². The maximum absolute atomic E-state index is 14.0. The van der Waals surface area contributed by atoms with Crippen LogP contribution in [0, 0.1) is 5.82 Å². The first kappa shape index (κ1) is 17.2. The minimum Gasteiger partial charge on any atom is -0.325 e. The third-order valence-corrected chi connectivity index (χ3v) is 4.39. The van der Waals surface area contributed by atoms with Gasteiger partial charge in [-0.2, -0.15) is 13.9 Å². The Labute approximate surface area is 153 Å². The van der Waals surface area contributed by atoms with Gasteiger partial charge in [-0.3, -0.25) is 4.98 Å². The Morgan fingerprint density at radius 1 is 0.926 bits per heavy atom. The molecule has 3 heterocycles. The Hall–Kier alpha value is -3.19. The van der Waals surface area contributed by atoms with E-state index < -0.39 is 12.5 Å². The fourth-order valence-corrected chi connectivity index (χ4v) is 3.00. The largest absolute Gasteiger partial charge is 0.325 e. The number of fused-ring (bicyclic) bond motifs is 1. The molecule has 0 bridgehead atoms. The van der Waals surface area contributed by atoms with E-state index in [1.807, 2.05) is 12.1 Å². The topological polar surface area (TPSA) is 56.2 Å². The average Bonchev–Trinajstić information content (AvgIpc) is 3.08. The predicted octanol–water partition coefficient (Wildman–Crippen LogP) is 4.25. The fourth-order valence-electron chi connectivity index (χ4n) is 3.00. The summed E-state index contributed by atoms with van der Waals surface area (Å²) in [4.78, 5) is 4.02. The number of hydrogen-bond donors (Lipinski definition) is 1. The first-order valence-electron chi connectivity index (χ1n) is 8.27. The molecule has 0 atom stereocenters. The fraction of sp³-hybridized carbons (Fsp3) is 0.100. The molecule has 136 valence electrons. The van der Waals surface area contributed by atoms with Crippen molar-refractivity contribution in [1.82, 2.24) is 14.6 Å². The summed E-state index contributed by atoms with van der Waals surface area (Å²) in [5.74, 6) is -3.51. The molecule has 4 rings (SSSR count). The maximum atomic E-state index is 14.0. The van der Waals surface area contributed by atoms with Crippen LogP contribution in [-0.2, 0) is 5.92 Å². The molecule has 0 aliphatic carbocycles. The smallest absolute Gasteiger partial charge is 0.286 e. The van der Waals surface area contributed by atoms with Crippen LogP contribution in [0.4, 0.5) is 13.2 Å². The van der Waals surface area contributed by atoms with E-state index in [0.29, 0.717) is 16.8 Å². The zero-order valence-corrected chi connectivity index (χ0v) is 14.1. The van der Waals surface area contributed by atoms with Crippen molar-refractivity contribution in [3.63, 3.8) is 0 Å². The normalized spacial score (nSPS) is 11.9. The quantitative estimate of drug-likeness (QED) is 0.586. The van der Waals surface area contributed by atoms with Gasteiger partial charge < -0.3 is 5.73 Å². The Kier molecular flexibility index (Phi) is 4.16. The number of benzene rings is 1. The van der Waals surface area contributed by atoms with Crippen molar-refractivity contribution in [2.75, 3.05) is 6.54 Å². The van der Waals surface area contributed by atoms with E-state index in [2.05, 4.69) is 10.1 Å². The van der Waals surface area contributed by atoms with E-state index in [4.69, 9.17) is 5.73 Å². The number of alkyl halides is 2. The van der Waals surface area contributed by atoms with Crippen LogP contribution in [0.3, 0.4) is 0 Å². The number of nitrogens with two attached hydrogens (primary N) is 1. The van der Waals surface area contributed by atoms with Crippen molar-refractivity contribution >= 4 is 5.52 Å². The predicted molar refractivity (Wildman–Crippen MR) is 96.8 cm³/mol. The lowest BCUT2D eigenvalue weighted by Crippen LogP contribution is -2.25. The molecule has 0 radical (unpaired) electrons. The molecule has 0 aliphatic heterocycles.